The van der Waals surface area contributed by atoms with Crippen LogP contribution in [0.25, 0.3) is 0 Å². The summed E-state index contributed by atoms with van der Waals surface area (Å²) in [6.45, 7) is 11.5. The monoisotopic (exact) mass is 299 g/mol. The highest BCUT2D eigenvalue weighted by molar-refractivity contribution is 5.68. The number of fused-ring (bicyclic) bond motifs is 3. The lowest BCUT2D eigenvalue weighted by Gasteiger charge is -2.38. The topological polar surface area (TPSA) is 29.5 Å². The van der Waals surface area contributed by atoms with Gasteiger partial charge in [-0.2, -0.15) is 0 Å². The first-order chi connectivity index (χ1) is 10.3. The maximum atomic E-state index is 12.4. The van der Waals surface area contributed by atoms with Crippen molar-refractivity contribution in [2.75, 3.05) is 13.1 Å². The first-order valence-corrected chi connectivity index (χ1v) is 8.07. The van der Waals surface area contributed by atoms with Crippen molar-refractivity contribution in [3.05, 3.63) is 47.5 Å². The van der Waals surface area contributed by atoms with Gasteiger partial charge in [0.25, 0.3) is 0 Å². The lowest BCUT2D eigenvalue weighted by molar-refractivity contribution is 0.0165. The quantitative estimate of drug-likeness (QED) is 0.682. The van der Waals surface area contributed by atoms with Crippen LogP contribution in [0.3, 0.4) is 0 Å². The van der Waals surface area contributed by atoms with Gasteiger partial charge in [-0.15, -0.1) is 0 Å². The van der Waals surface area contributed by atoms with Gasteiger partial charge in [0.2, 0.25) is 0 Å². The number of hydrogen-bond acceptors (Lipinski definition) is 2. The molecule has 1 saturated heterocycles. The van der Waals surface area contributed by atoms with E-state index in [2.05, 4.69) is 30.8 Å². The van der Waals surface area contributed by atoms with Gasteiger partial charge in [0.1, 0.15) is 5.60 Å². The SMILES string of the molecule is C=C1C2Cc3ccccc3CC1CN(C(=O)OC(C)(C)C)C2. The smallest absolute Gasteiger partial charge is 0.410 e. The van der Waals surface area contributed by atoms with E-state index < -0.39 is 5.60 Å². The molecule has 2 aliphatic rings. The number of piperidine rings is 1. The van der Waals surface area contributed by atoms with Crippen LogP contribution >= 0.6 is 0 Å². The largest absolute Gasteiger partial charge is 0.444 e. The minimum absolute atomic E-state index is 0.194. The molecule has 2 atom stereocenters. The minimum atomic E-state index is -0.445. The van der Waals surface area contributed by atoms with E-state index in [1.54, 1.807) is 0 Å². The number of rotatable bonds is 0. The Hall–Kier alpha value is -1.77. The summed E-state index contributed by atoms with van der Waals surface area (Å²) < 4.78 is 5.55. The maximum Gasteiger partial charge on any atom is 0.410 e. The number of likely N-dealkylation sites (tertiary alicyclic amines) is 1. The lowest BCUT2D eigenvalue weighted by atomic mass is 9.83. The standard InChI is InChI=1S/C19H25NO2/c1-13-16-9-14-7-5-6-8-15(14)10-17(13)12-20(11-16)18(21)22-19(2,3)4/h5-8,16-17H,1,9-12H2,2-4H3. The molecule has 3 heteroatoms. The van der Waals surface area contributed by atoms with Crippen molar-refractivity contribution >= 4 is 6.09 Å². The number of benzene rings is 1. The van der Waals surface area contributed by atoms with Crippen LogP contribution < -0.4 is 0 Å². The first kappa shape index (κ1) is 15.1. The fraction of sp³-hybridized carbons (Fsp3) is 0.526. The van der Waals surface area contributed by atoms with Crippen LogP contribution in [0.1, 0.15) is 31.9 Å². The van der Waals surface area contributed by atoms with E-state index in [9.17, 15) is 4.79 Å². The zero-order valence-corrected chi connectivity index (χ0v) is 13.8. The second kappa shape index (κ2) is 5.45. The molecule has 3 rings (SSSR count). The molecule has 3 nitrogen and oxygen atoms in total. The highest BCUT2D eigenvalue weighted by atomic mass is 16.6. The van der Waals surface area contributed by atoms with Crippen LogP contribution in [0.15, 0.2) is 36.4 Å². The van der Waals surface area contributed by atoms with Crippen LogP contribution in [0.2, 0.25) is 0 Å². The molecule has 2 bridgehead atoms. The minimum Gasteiger partial charge on any atom is -0.444 e. The van der Waals surface area contributed by atoms with E-state index in [0.717, 1.165) is 25.9 Å². The Morgan fingerprint density at radius 1 is 1.14 bits per heavy atom. The maximum absolute atomic E-state index is 12.4. The summed E-state index contributed by atoms with van der Waals surface area (Å²) in [5.41, 5.74) is 3.67. The molecule has 1 aliphatic carbocycles. The summed E-state index contributed by atoms with van der Waals surface area (Å²) in [4.78, 5) is 14.3. The Labute approximate surface area is 133 Å². The zero-order chi connectivity index (χ0) is 15.9. The molecule has 1 aliphatic heterocycles. The van der Waals surface area contributed by atoms with Gasteiger partial charge in [0, 0.05) is 24.9 Å². The molecule has 22 heavy (non-hydrogen) atoms. The summed E-state index contributed by atoms with van der Waals surface area (Å²) in [5, 5.41) is 0. The average molecular weight is 299 g/mol. The fourth-order valence-electron chi connectivity index (χ4n) is 3.53. The van der Waals surface area contributed by atoms with Crippen molar-refractivity contribution in [2.45, 2.75) is 39.2 Å². The molecule has 0 radical (unpaired) electrons. The van der Waals surface area contributed by atoms with Gasteiger partial charge >= 0.3 is 6.09 Å². The summed E-state index contributed by atoms with van der Waals surface area (Å²) >= 11 is 0. The van der Waals surface area contributed by atoms with Crippen LogP contribution in [0, 0.1) is 11.8 Å². The molecule has 1 aromatic carbocycles. The van der Waals surface area contributed by atoms with E-state index in [0.29, 0.717) is 11.8 Å². The number of carbonyl (C=O) groups is 1. The van der Waals surface area contributed by atoms with E-state index in [-0.39, 0.29) is 6.09 Å². The Morgan fingerprint density at radius 2 is 1.64 bits per heavy atom. The zero-order valence-electron chi connectivity index (χ0n) is 13.8. The highest BCUT2D eigenvalue weighted by Crippen LogP contribution is 2.36. The van der Waals surface area contributed by atoms with Gasteiger partial charge in [-0.05, 0) is 44.7 Å². The van der Waals surface area contributed by atoms with Crippen molar-refractivity contribution in [3.8, 4) is 0 Å². The lowest BCUT2D eigenvalue weighted by Crippen LogP contribution is -2.47. The van der Waals surface area contributed by atoms with Crippen LogP contribution in [-0.4, -0.2) is 29.7 Å². The summed E-state index contributed by atoms with van der Waals surface area (Å²) in [6, 6.07) is 8.62. The molecule has 0 saturated carbocycles. The van der Waals surface area contributed by atoms with Crippen molar-refractivity contribution in [3.63, 3.8) is 0 Å². The van der Waals surface area contributed by atoms with E-state index in [4.69, 9.17) is 4.74 Å². The van der Waals surface area contributed by atoms with Gasteiger partial charge in [0.15, 0.2) is 0 Å². The Bertz CT molecular complexity index is 563. The normalized spacial score (nSPS) is 24.5. The Kier molecular flexibility index (Phi) is 3.75. The fourth-order valence-corrected chi connectivity index (χ4v) is 3.53. The molecule has 1 amide bonds. The highest BCUT2D eigenvalue weighted by Gasteiger charge is 2.37. The molecule has 0 spiro atoms. The van der Waals surface area contributed by atoms with E-state index >= 15 is 0 Å². The molecular weight excluding hydrogens is 274 g/mol. The molecular formula is C19H25NO2. The van der Waals surface area contributed by atoms with Gasteiger partial charge in [-0.1, -0.05) is 36.4 Å². The molecule has 118 valence electrons. The predicted molar refractivity (Wildman–Crippen MR) is 87.8 cm³/mol. The summed E-state index contributed by atoms with van der Waals surface area (Å²) in [7, 11) is 0. The second-order valence-corrected chi connectivity index (χ2v) is 7.53. The third kappa shape index (κ3) is 3.03. The van der Waals surface area contributed by atoms with Crippen molar-refractivity contribution in [1.29, 1.82) is 0 Å². The molecule has 0 aromatic heterocycles. The van der Waals surface area contributed by atoms with Crippen molar-refractivity contribution < 1.29 is 9.53 Å². The van der Waals surface area contributed by atoms with Crippen molar-refractivity contribution in [2.24, 2.45) is 11.8 Å². The van der Waals surface area contributed by atoms with Crippen molar-refractivity contribution in [1.82, 2.24) is 4.90 Å². The third-order valence-electron chi connectivity index (χ3n) is 4.63. The summed E-state index contributed by atoms with van der Waals surface area (Å²) in [6.07, 6.45) is 1.76. The third-order valence-corrected chi connectivity index (χ3v) is 4.63. The van der Waals surface area contributed by atoms with Gasteiger partial charge < -0.3 is 9.64 Å². The number of ether oxygens (including phenoxy) is 1. The van der Waals surface area contributed by atoms with Crippen LogP contribution in [0.4, 0.5) is 4.79 Å². The molecule has 0 N–H and O–H groups in total. The Morgan fingerprint density at radius 3 is 2.09 bits per heavy atom. The Balaban J connectivity index is 1.81. The van der Waals surface area contributed by atoms with Gasteiger partial charge in [0.05, 0.1) is 0 Å². The number of carbonyl (C=O) groups excluding carboxylic acids is 1. The number of amides is 1. The van der Waals surface area contributed by atoms with Gasteiger partial charge in [-0.3, -0.25) is 0 Å². The average Bonchev–Trinajstić information content (AvgIpc) is 2.50. The number of hydrogen-bond donors (Lipinski definition) is 0. The van der Waals surface area contributed by atoms with E-state index in [1.807, 2.05) is 25.7 Å². The predicted octanol–water partition coefficient (Wildman–Crippen LogP) is 3.82. The summed E-state index contributed by atoms with van der Waals surface area (Å²) in [5.74, 6) is 0.685. The molecule has 1 heterocycles. The first-order valence-electron chi connectivity index (χ1n) is 8.07. The molecule has 2 unspecified atom stereocenters. The molecule has 1 aromatic rings. The van der Waals surface area contributed by atoms with Gasteiger partial charge in [-0.25, -0.2) is 4.79 Å². The molecule has 1 fully saturated rings. The number of nitrogens with zero attached hydrogens (tertiary/aromatic N) is 1. The van der Waals surface area contributed by atoms with E-state index in [1.165, 1.54) is 16.7 Å². The van der Waals surface area contributed by atoms with Crippen LogP contribution in [-0.2, 0) is 17.6 Å². The second-order valence-electron chi connectivity index (χ2n) is 7.53. The van der Waals surface area contributed by atoms with Crippen LogP contribution in [0.5, 0.6) is 0 Å².